The first-order chi connectivity index (χ1) is 15.0. The predicted octanol–water partition coefficient (Wildman–Crippen LogP) is 4.52. The third-order valence-corrected chi connectivity index (χ3v) is 4.63. The van der Waals surface area contributed by atoms with E-state index in [1.165, 1.54) is 0 Å². The van der Waals surface area contributed by atoms with Gasteiger partial charge in [-0.1, -0.05) is 36.9 Å². The molecule has 2 rings (SSSR count). The van der Waals surface area contributed by atoms with Crippen molar-refractivity contribution in [1.29, 1.82) is 0 Å². The molecule has 0 atom stereocenters. The van der Waals surface area contributed by atoms with Crippen LogP contribution in [0.15, 0.2) is 60.4 Å². The van der Waals surface area contributed by atoms with Crippen molar-refractivity contribution in [3.05, 3.63) is 66.5 Å². The number of aliphatic hydroxyl groups is 1. The molecule has 6 nitrogen and oxygen atoms in total. The molecule has 0 aliphatic heterocycles. The van der Waals surface area contributed by atoms with E-state index in [1.54, 1.807) is 13.3 Å². The lowest BCUT2D eigenvalue weighted by atomic mass is 10.0. The topological polar surface area (TPSA) is 73.6 Å². The van der Waals surface area contributed by atoms with Crippen LogP contribution in [0.4, 0.5) is 5.82 Å². The third kappa shape index (κ3) is 6.89. The Morgan fingerprint density at radius 2 is 2.06 bits per heavy atom. The lowest BCUT2D eigenvalue weighted by Gasteiger charge is -2.14. The molecule has 0 aliphatic rings. The number of aliphatic imine (C=N–C) groups is 1. The molecule has 0 radical (unpaired) electrons. The maximum Gasteiger partial charge on any atom is 0.161 e. The standard InChI is InChI=1S/C25H33N5O/c1-6-19(16-26-3)23-17-28-24(29-25(23)27-13-8-9-14-31)22-12-10-11-21(15-22)20(7-2)18-30(4)5/h6-7,10-12,15-18,31H,2,8-9,13-14H2,1,3-5H3,(H,27,28,29)/b19-6+,20-18+,26-16?. The molecule has 0 saturated heterocycles. The Labute approximate surface area is 185 Å². The highest BCUT2D eigenvalue weighted by molar-refractivity contribution is 6.11. The van der Waals surface area contributed by atoms with E-state index in [0.29, 0.717) is 5.82 Å². The molecule has 0 aliphatic carbocycles. The van der Waals surface area contributed by atoms with Gasteiger partial charge in [0, 0.05) is 69.6 Å². The van der Waals surface area contributed by atoms with E-state index >= 15 is 0 Å². The summed E-state index contributed by atoms with van der Waals surface area (Å²) in [5.41, 5.74) is 4.87. The van der Waals surface area contributed by atoms with E-state index in [-0.39, 0.29) is 6.61 Å². The summed E-state index contributed by atoms with van der Waals surface area (Å²) in [7, 11) is 5.72. The van der Waals surface area contributed by atoms with Crippen molar-refractivity contribution in [3.63, 3.8) is 0 Å². The normalized spacial score (nSPS) is 12.3. The molecule has 0 fully saturated rings. The highest BCUT2D eigenvalue weighted by atomic mass is 16.2. The van der Waals surface area contributed by atoms with Gasteiger partial charge < -0.3 is 15.3 Å². The van der Waals surface area contributed by atoms with E-state index in [2.05, 4.69) is 34.0 Å². The van der Waals surface area contributed by atoms with E-state index in [4.69, 9.17) is 10.1 Å². The maximum atomic E-state index is 9.06. The minimum Gasteiger partial charge on any atom is -0.396 e. The Kier molecular flexibility index (Phi) is 9.65. The largest absolute Gasteiger partial charge is 0.396 e. The lowest BCUT2D eigenvalue weighted by Crippen LogP contribution is -2.09. The van der Waals surface area contributed by atoms with Crippen molar-refractivity contribution in [2.75, 3.05) is 39.6 Å². The molecule has 2 N–H and O–H groups in total. The summed E-state index contributed by atoms with van der Waals surface area (Å²) in [4.78, 5) is 15.6. The molecular formula is C25H33N5O. The van der Waals surface area contributed by atoms with Crippen molar-refractivity contribution in [2.24, 2.45) is 4.99 Å². The van der Waals surface area contributed by atoms with Crippen LogP contribution >= 0.6 is 0 Å². The van der Waals surface area contributed by atoms with Gasteiger partial charge in [0.05, 0.1) is 0 Å². The Hall–Kier alpha value is -3.25. The third-order valence-electron chi connectivity index (χ3n) is 4.63. The Morgan fingerprint density at radius 1 is 1.26 bits per heavy atom. The Morgan fingerprint density at radius 3 is 2.71 bits per heavy atom. The molecule has 1 heterocycles. The number of anilines is 1. The number of aromatic nitrogens is 2. The zero-order chi connectivity index (χ0) is 22.6. The van der Waals surface area contributed by atoms with Gasteiger partial charge in [-0.3, -0.25) is 4.99 Å². The van der Waals surface area contributed by atoms with Crippen LogP contribution in [0.3, 0.4) is 0 Å². The number of aliphatic hydroxyl groups excluding tert-OH is 1. The number of unbranched alkanes of at least 4 members (excludes halogenated alkanes) is 1. The Balaban J connectivity index is 2.47. The van der Waals surface area contributed by atoms with Crippen molar-refractivity contribution < 1.29 is 5.11 Å². The molecule has 31 heavy (non-hydrogen) atoms. The molecule has 0 amide bonds. The quantitative estimate of drug-likeness (QED) is 0.318. The molecule has 6 heteroatoms. The highest BCUT2D eigenvalue weighted by Gasteiger charge is 2.12. The number of nitrogens with zero attached hydrogens (tertiary/aromatic N) is 4. The summed E-state index contributed by atoms with van der Waals surface area (Å²) in [5.74, 6) is 1.40. The Bertz CT molecular complexity index is 960. The van der Waals surface area contributed by atoms with Gasteiger partial charge in [-0.25, -0.2) is 9.97 Å². The van der Waals surface area contributed by atoms with Crippen LogP contribution in [0.5, 0.6) is 0 Å². The number of hydrogen-bond acceptors (Lipinski definition) is 6. The van der Waals surface area contributed by atoms with E-state index in [0.717, 1.165) is 53.0 Å². The second kappa shape index (κ2) is 12.4. The fourth-order valence-corrected chi connectivity index (χ4v) is 3.11. The summed E-state index contributed by atoms with van der Waals surface area (Å²) in [6.07, 6.45) is 11.1. The van der Waals surface area contributed by atoms with Crippen LogP contribution in [0.25, 0.3) is 22.5 Å². The predicted molar refractivity (Wildman–Crippen MR) is 132 cm³/mol. The molecule has 0 bridgehead atoms. The van der Waals surface area contributed by atoms with Crippen LogP contribution in [-0.4, -0.2) is 60.5 Å². The minimum atomic E-state index is 0.186. The second-order valence-corrected chi connectivity index (χ2v) is 7.28. The van der Waals surface area contributed by atoms with Crippen LogP contribution in [0, 0.1) is 0 Å². The fourth-order valence-electron chi connectivity index (χ4n) is 3.11. The van der Waals surface area contributed by atoms with E-state index in [9.17, 15) is 0 Å². The maximum absolute atomic E-state index is 9.06. The first-order valence-electron chi connectivity index (χ1n) is 10.5. The van der Waals surface area contributed by atoms with Crippen molar-refractivity contribution in [2.45, 2.75) is 19.8 Å². The van der Waals surface area contributed by atoms with Crippen LogP contribution in [0.2, 0.25) is 0 Å². The van der Waals surface area contributed by atoms with Gasteiger partial charge in [0.15, 0.2) is 5.82 Å². The van der Waals surface area contributed by atoms with Gasteiger partial charge in [-0.2, -0.15) is 0 Å². The number of hydrogen-bond donors (Lipinski definition) is 2. The average molecular weight is 420 g/mol. The minimum absolute atomic E-state index is 0.186. The number of allylic oxidation sites excluding steroid dienone is 4. The molecule has 0 unspecified atom stereocenters. The van der Waals surface area contributed by atoms with Gasteiger partial charge in [-0.05, 0) is 37.0 Å². The smallest absolute Gasteiger partial charge is 0.161 e. The first kappa shape index (κ1) is 24.0. The summed E-state index contributed by atoms with van der Waals surface area (Å²) < 4.78 is 0. The molecule has 0 saturated carbocycles. The van der Waals surface area contributed by atoms with Gasteiger partial charge in [0.2, 0.25) is 0 Å². The SMILES string of the molecule is C=C/C(=C\N(C)C)c1cccc(-c2ncc(/C(C=NC)=C/C)c(NCCCCO)n2)c1. The summed E-state index contributed by atoms with van der Waals surface area (Å²) in [5, 5.41) is 12.5. The van der Waals surface area contributed by atoms with Gasteiger partial charge in [0.25, 0.3) is 0 Å². The van der Waals surface area contributed by atoms with Gasteiger partial charge in [0.1, 0.15) is 5.82 Å². The van der Waals surface area contributed by atoms with E-state index in [1.807, 2.05) is 62.6 Å². The van der Waals surface area contributed by atoms with Crippen molar-refractivity contribution in [3.8, 4) is 11.4 Å². The van der Waals surface area contributed by atoms with Crippen molar-refractivity contribution >= 4 is 23.2 Å². The van der Waals surface area contributed by atoms with Crippen LogP contribution in [-0.2, 0) is 0 Å². The second-order valence-electron chi connectivity index (χ2n) is 7.28. The lowest BCUT2D eigenvalue weighted by molar-refractivity contribution is 0.286. The zero-order valence-electron chi connectivity index (χ0n) is 19.0. The van der Waals surface area contributed by atoms with Crippen LogP contribution in [0.1, 0.15) is 30.9 Å². The van der Waals surface area contributed by atoms with Crippen LogP contribution < -0.4 is 5.32 Å². The monoisotopic (exact) mass is 419 g/mol. The zero-order valence-corrected chi connectivity index (χ0v) is 19.0. The molecule has 2 aromatic rings. The molecule has 1 aromatic carbocycles. The summed E-state index contributed by atoms with van der Waals surface area (Å²) in [6, 6.07) is 8.14. The molecule has 1 aromatic heterocycles. The molecule has 0 spiro atoms. The molecular weight excluding hydrogens is 386 g/mol. The number of benzene rings is 1. The molecule has 164 valence electrons. The van der Waals surface area contributed by atoms with Crippen molar-refractivity contribution in [1.82, 2.24) is 14.9 Å². The van der Waals surface area contributed by atoms with Gasteiger partial charge >= 0.3 is 0 Å². The number of rotatable bonds is 11. The highest BCUT2D eigenvalue weighted by Crippen LogP contribution is 2.26. The summed E-state index contributed by atoms with van der Waals surface area (Å²) in [6.45, 7) is 6.82. The first-order valence-corrected chi connectivity index (χ1v) is 10.5. The van der Waals surface area contributed by atoms with Gasteiger partial charge in [-0.15, -0.1) is 0 Å². The average Bonchev–Trinajstić information content (AvgIpc) is 2.78. The summed E-state index contributed by atoms with van der Waals surface area (Å²) >= 11 is 0. The fraction of sp³-hybridized carbons (Fsp3) is 0.320. The number of nitrogens with one attached hydrogen (secondary N) is 1. The van der Waals surface area contributed by atoms with E-state index < -0.39 is 0 Å².